The summed E-state index contributed by atoms with van der Waals surface area (Å²) < 4.78 is 4.44. The van der Waals surface area contributed by atoms with Crippen molar-refractivity contribution in [3.63, 3.8) is 0 Å². The summed E-state index contributed by atoms with van der Waals surface area (Å²) in [4.78, 5) is 0. The molecule has 4 heteroatoms. The van der Waals surface area contributed by atoms with Crippen molar-refractivity contribution in [1.82, 2.24) is 9.13 Å². The molecule has 0 amide bonds. The third-order valence-corrected chi connectivity index (χ3v) is 6.36. The number of aryl methyl sites for hydroxylation is 2. The summed E-state index contributed by atoms with van der Waals surface area (Å²) in [5, 5.41) is 0. The molecule has 2 atom stereocenters. The quantitative estimate of drug-likeness (QED) is 0.697. The van der Waals surface area contributed by atoms with Gasteiger partial charge in [-0.1, -0.05) is 0 Å². The number of nitrogens with zero attached hydrogens (tertiary/aromatic N) is 2. The number of hydrogen-bond donors (Lipinski definition) is 0. The lowest BCUT2D eigenvalue weighted by Crippen LogP contribution is -2.07. The maximum Gasteiger partial charge on any atom is 0.160 e. The molecular formula is C10H15N2P2+. The van der Waals surface area contributed by atoms with E-state index in [1.807, 2.05) is 0 Å². The molecule has 0 radical (unpaired) electrons. The Morgan fingerprint density at radius 3 is 2.36 bits per heavy atom. The van der Waals surface area contributed by atoms with Crippen LogP contribution < -0.4 is 10.9 Å². The smallest absolute Gasteiger partial charge is 0.160 e. The van der Waals surface area contributed by atoms with Gasteiger partial charge in [0.2, 0.25) is 0 Å². The molecule has 0 saturated carbocycles. The molecule has 0 fully saturated rings. The first-order valence-corrected chi connectivity index (χ1v) is 7.98. The highest BCUT2D eigenvalue weighted by Crippen LogP contribution is 2.34. The molecule has 0 saturated heterocycles. The van der Waals surface area contributed by atoms with E-state index >= 15 is 0 Å². The van der Waals surface area contributed by atoms with E-state index in [4.69, 9.17) is 0 Å². The molecule has 0 bridgehead atoms. The van der Waals surface area contributed by atoms with Crippen molar-refractivity contribution in [2.75, 3.05) is 0 Å². The largest absolute Gasteiger partial charge is 0.348 e. The third-order valence-electron chi connectivity index (χ3n) is 2.30. The van der Waals surface area contributed by atoms with Crippen LogP contribution in [0.25, 0.3) is 0 Å². The number of hydrogen-bond acceptors (Lipinski definition) is 0. The van der Waals surface area contributed by atoms with E-state index in [9.17, 15) is 0 Å². The van der Waals surface area contributed by atoms with Crippen LogP contribution in [0.5, 0.6) is 0 Å². The van der Waals surface area contributed by atoms with Gasteiger partial charge in [0, 0.05) is 26.5 Å². The van der Waals surface area contributed by atoms with Crippen LogP contribution in [0.3, 0.4) is 0 Å². The normalized spacial score (nSPS) is 12.4. The average molecular weight is 225 g/mol. The number of aromatic nitrogens is 2. The maximum absolute atomic E-state index is 2.23. The lowest BCUT2D eigenvalue weighted by atomic mass is 10.7. The van der Waals surface area contributed by atoms with Crippen molar-refractivity contribution in [3.05, 3.63) is 36.7 Å². The van der Waals surface area contributed by atoms with Gasteiger partial charge in [0.05, 0.1) is 22.0 Å². The molecule has 2 aromatic heterocycles. The summed E-state index contributed by atoms with van der Waals surface area (Å²) in [7, 11) is 5.57. The SMILES string of the molecule is Cn1cccc1P[PH2+]c1cccn1C. The predicted octanol–water partition coefficient (Wildman–Crippen LogP) is 1.32. The fourth-order valence-corrected chi connectivity index (χ4v) is 5.33. The van der Waals surface area contributed by atoms with Crippen LogP contribution in [-0.4, -0.2) is 9.13 Å². The first-order chi connectivity index (χ1) is 6.77. The van der Waals surface area contributed by atoms with Crippen LogP contribution in [0.15, 0.2) is 36.7 Å². The molecule has 2 rings (SSSR count). The van der Waals surface area contributed by atoms with E-state index in [0.717, 1.165) is 8.27 Å². The minimum atomic E-state index is 0.385. The van der Waals surface area contributed by atoms with Crippen molar-refractivity contribution >= 4 is 27.4 Å². The Morgan fingerprint density at radius 2 is 1.79 bits per heavy atom. The van der Waals surface area contributed by atoms with Gasteiger partial charge in [-0.3, -0.25) is 0 Å². The van der Waals surface area contributed by atoms with E-state index in [1.54, 1.807) is 0 Å². The predicted molar refractivity (Wildman–Crippen MR) is 68.1 cm³/mol. The monoisotopic (exact) mass is 225 g/mol. The molecule has 2 unspecified atom stereocenters. The molecule has 0 aliphatic heterocycles. The van der Waals surface area contributed by atoms with E-state index in [1.165, 1.54) is 10.9 Å². The van der Waals surface area contributed by atoms with Crippen molar-refractivity contribution in [2.45, 2.75) is 0 Å². The molecule has 74 valence electrons. The van der Waals surface area contributed by atoms with Crippen LogP contribution in [0.2, 0.25) is 0 Å². The van der Waals surface area contributed by atoms with Gasteiger partial charge < -0.3 is 9.13 Å². The minimum absolute atomic E-state index is 0.385. The van der Waals surface area contributed by atoms with E-state index in [2.05, 4.69) is 59.9 Å². The fourth-order valence-electron chi connectivity index (χ4n) is 1.38. The first-order valence-electron chi connectivity index (χ1n) is 4.60. The zero-order valence-corrected chi connectivity index (χ0v) is 10.6. The van der Waals surface area contributed by atoms with Gasteiger partial charge in [0.15, 0.2) is 5.44 Å². The summed E-state index contributed by atoms with van der Waals surface area (Å²) >= 11 is 0. The van der Waals surface area contributed by atoms with Gasteiger partial charge >= 0.3 is 0 Å². The highest BCUT2D eigenvalue weighted by molar-refractivity contribution is 8.18. The Bertz CT molecular complexity index is 377. The Balaban J connectivity index is 2.02. The van der Waals surface area contributed by atoms with Gasteiger partial charge in [0.25, 0.3) is 0 Å². The van der Waals surface area contributed by atoms with Gasteiger partial charge in [-0.05, 0) is 24.3 Å². The van der Waals surface area contributed by atoms with Crippen LogP contribution >= 0.6 is 16.5 Å². The van der Waals surface area contributed by atoms with Crippen molar-refractivity contribution in [3.8, 4) is 0 Å². The van der Waals surface area contributed by atoms with Gasteiger partial charge in [-0.15, -0.1) is 0 Å². The second kappa shape index (κ2) is 4.29. The minimum Gasteiger partial charge on any atom is -0.348 e. The van der Waals surface area contributed by atoms with E-state index in [-0.39, 0.29) is 0 Å². The van der Waals surface area contributed by atoms with Crippen LogP contribution in [-0.2, 0) is 14.1 Å². The molecule has 0 aliphatic carbocycles. The van der Waals surface area contributed by atoms with Gasteiger partial charge in [-0.2, -0.15) is 0 Å². The highest BCUT2D eigenvalue weighted by Gasteiger charge is 2.07. The zero-order valence-electron chi connectivity index (χ0n) is 8.44. The van der Waals surface area contributed by atoms with Crippen molar-refractivity contribution < 1.29 is 0 Å². The summed E-state index contributed by atoms with van der Waals surface area (Å²) in [5.41, 5.74) is 2.95. The van der Waals surface area contributed by atoms with E-state index in [0.29, 0.717) is 8.27 Å². The maximum atomic E-state index is 2.23. The Labute approximate surface area is 87.8 Å². The van der Waals surface area contributed by atoms with Gasteiger partial charge in [-0.25, -0.2) is 0 Å². The second-order valence-corrected chi connectivity index (χ2v) is 6.75. The number of rotatable bonds is 3. The van der Waals surface area contributed by atoms with Crippen molar-refractivity contribution in [2.24, 2.45) is 14.1 Å². The van der Waals surface area contributed by atoms with Crippen LogP contribution in [0.1, 0.15) is 0 Å². The lowest BCUT2D eigenvalue weighted by Gasteiger charge is -1.98. The second-order valence-electron chi connectivity index (χ2n) is 3.34. The molecule has 0 aromatic carbocycles. The summed E-state index contributed by atoms with van der Waals surface area (Å²) in [6, 6.07) is 8.68. The molecule has 14 heavy (non-hydrogen) atoms. The summed E-state index contributed by atoms with van der Waals surface area (Å²) in [6.45, 7) is 0. The molecule has 0 aliphatic rings. The molecule has 2 aromatic rings. The third kappa shape index (κ3) is 2.08. The molecule has 0 spiro atoms. The van der Waals surface area contributed by atoms with Crippen molar-refractivity contribution in [1.29, 1.82) is 0 Å². The molecular weight excluding hydrogens is 210 g/mol. The Morgan fingerprint density at radius 1 is 1.07 bits per heavy atom. The lowest BCUT2D eigenvalue weighted by molar-refractivity contribution is 0.959. The average Bonchev–Trinajstić information content (AvgIpc) is 2.72. The molecule has 2 nitrogen and oxygen atoms in total. The zero-order chi connectivity index (χ0) is 9.97. The van der Waals surface area contributed by atoms with Crippen LogP contribution in [0.4, 0.5) is 0 Å². The fraction of sp³-hybridized carbons (Fsp3) is 0.200. The standard InChI is InChI=1S/C10H14N2P2/c1-11-7-3-5-9(11)13-14-10-6-4-8-12(10)2/h3-8,13-14H,1-2H3/p+1. The highest BCUT2D eigenvalue weighted by atomic mass is 32.0. The molecule has 0 N–H and O–H groups in total. The van der Waals surface area contributed by atoms with E-state index < -0.39 is 0 Å². The summed E-state index contributed by atoms with van der Waals surface area (Å²) in [5.74, 6) is 0. The van der Waals surface area contributed by atoms with Gasteiger partial charge in [0.1, 0.15) is 0 Å². The first kappa shape index (κ1) is 9.96. The van der Waals surface area contributed by atoms with Crippen LogP contribution in [0, 0.1) is 0 Å². The molecule has 2 heterocycles. The Hall–Kier alpha value is -0.580. The summed E-state index contributed by atoms with van der Waals surface area (Å²) in [6.07, 6.45) is 4.24. The topological polar surface area (TPSA) is 9.86 Å². The Kier molecular flexibility index (Phi) is 3.05.